The summed E-state index contributed by atoms with van der Waals surface area (Å²) in [6.07, 6.45) is 3.82. The lowest BCUT2D eigenvalue weighted by atomic mass is 10.2. The molecule has 2 aromatic rings. The molecule has 1 aliphatic heterocycles. The third-order valence-corrected chi connectivity index (χ3v) is 3.53. The van der Waals surface area contributed by atoms with Gasteiger partial charge in [-0.05, 0) is 31.0 Å². The SMILES string of the molecule is OCC1CCCN1c1nccc(Nc2ccccc2)n1. The van der Waals surface area contributed by atoms with Crippen molar-refractivity contribution >= 4 is 17.5 Å². The topological polar surface area (TPSA) is 61.3 Å². The fourth-order valence-corrected chi connectivity index (χ4v) is 2.51. The number of aliphatic hydroxyl groups excluding tert-OH is 1. The first-order valence-corrected chi connectivity index (χ1v) is 6.89. The minimum atomic E-state index is 0.141. The van der Waals surface area contributed by atoms with Crippen molar-refractivity contribution in [2.45, 2.75) is 18.9 Å². The van der Waals surface area contributed by atoms with Gasteiger partial charge < -0.3 is 15.3 Å². The Labute approximate surface area is 118 Å². The Kier molecular flexibility index (Phi) is 3.78. The maximum absolute atomic E-state index is 9.39. The summed E-state index contributed by atoms with van der Waals surface area (Å²) in [7, 11) is 0. The Morgan fingerprint density at radius 2 is 2.10 bits per heavy atom. The number of benzene rings is 1. The first-order chi connectivity index (χ1) is 9.86. The van der Waals surface area contributed by atoms with Gasteiger partial charge in [0.25, 0.3) is 0 Å². The van der Waals surface area contributed by atoms with Gasteiger partial charge in [-0.25, -0.2) is 4.98 Å². The van der Waals surface area contributed by atoms with Crippen LogP contribution in [0.3, 0.4) is 0 Å². The fourth-order valence-electron chi connectivity index (χ4n) is 2.51. The van der Waals surface area contributed by atoms with E-state index in [1.807, 2.05) is 36.4 Å². The molecule has 0 bridgehead atoms. The van der Waals surface area contributed by atoms with Gasteiger partial charge in [-0.2, -0.15) is 4.98 Å². The van der Waals surface area contributed by atoms with E-state index in [0.29, 0.717) is 5.95 Å². The zero-order valence-electron chi connectivity index (χ0n) is 11.2. The molecule has 0 saturated carbocycles. The van der Waals surface area contributed by atoms with E-state index < -0.39 is 0 Å². The van der Waals surface area contributed by atoms with Crippen molar-refractivity contribution in [3.63, 3.8) is 0 Å². The third kappa shape index (κ3) is 2.72. The van der Waals surface area contributed by atoms with Gasteiger partial charge in [-0.15, -0.1) is 0 Å². The lowest BCUT2D eigenvalue weighted by Crippen LogP contribution is -2.33. The zero-order valence-corrected chi connectivity index (χ0v) is 11.2. The summed E-state index contributed by atoms with van der Waals surface area (Å²) in [6.45, 7) is 1.06. The standard InChI is InChI=1S/C15H18N4O/c20-11-13-7-4-10-19(13)15-16-9-8-14(18-15)17-12-5-2-1-3-6-12/h1-3,5-6,8-9,13,20H,4,7,10-11H2,(H,16,17,18). The van der Waals surface area contributed by atoms with E-state index in [0.717, 1.165) is 30.9 Å². The van der Waals surface area contributed by atoms with E-state index in [1.165, 1.54) is 0 Å². The van der Waals surface area contributed by atoms with Crippen molar-refractivity contribution < 1.29 is 5.11 Å². The minimum Gasteiger partial charge on any atom is -0.394 e. The first kappa shape index (κ1) is 12.9. The summed E-state index contributed by atoms with van der Waals surface area (Å²) in [6, 6.07) is 11.9. The summed E-state index contributed by atoms with van der Waals surface area (Å²) in [5.41, 5.74) is 0.997. The third-order valence-electron chi connectivity index (χ3n) is 3.53. The molecule has 1 saturated heterocycles. The van der Waals surface area contributed by atoms with Gasteiger partial charge in [0.2, 0.25) is 5.95 Å². The molecule has 3 rings (SSSR count). The molecule has 2 heterocycles. The van der Waals surface area contributed by atoms with Crippen LogP contribution < -0.4 is 10.2 Å². The molecule has 5 heteroatoms. The lowest BCUT2D eigenvalue weighted by Gasteiger charge is -2.23. The number of aliphatic hydroxyl groups is 1. The molecule has 1 aromatic heterocycles. The molecule has 0 radical (unpaired) electrons. The van der Waals surface area contributed by atoms with Crippen LogP contribution in [-0.4, -0.2) is 34.3 Å². The van der Waals surface area contributed by atoms with Crippen molar-refractivity contribution in [3.8, 4) is 0 Å². The van der Waals surface area contributed by atoms with Crippen molar-refractivity contribution in [1.29, 1.82) is 0 Å². The van der Waals surface area contributed by atoms with Crippen LogP contribution in [0.5, 0.6) is 0 Å². The Morgan fingerprint density at radius 3 is 2.90 bits per heavy atom. The predicted octanol–water partition coefficient (Wildman–Crippen LogP) is 2.18. The lowest BCUT2D eigenvalue weighted by molar-refractivity contribution is 0.265. The van der Waals surface area contributed by atoms with Crippen LogP contribution in [0.25, 0.3) is 0 Å². The fraction of sp³-hybridized carbons (Fsp3) is 0.333. The zero-order chi connectivity index (χ0) is 13.8. The average molecular weight is 270 g/mol. The molecular formula is C15H18N4O. The van der Waals surface area contributed by atoms with Gasteiger partial charge in [0.05, 0.1) is 12.6 Å². The number of para-hydroxylation sites is 1. The van der Waals surface area contributed by atoms with Gasteiger partial charge in [0.1, 0.15) is 5.82 Å². The van der Waals surface area contributed by atoms with E-state index in [2.05, 4.69) is 20.2 Å². The molecular weight excluding hydrogens is 252 g/mol. The van der Waals surface area contributed by atoms with E-state index >= 15 is 0 Å². The molecule has 1 unspecified atom stereocenters. The predicted molar refractivity (Wildman–Crippen MR) is 79.2 cm³/mol. The number of anilines is 3. The largest absolute Gasteiger partial charge is 0.394 e. The van der Waals surface area contributed by atoms with Crippen molar-refractivity contribution in [3.05, 3.63) is 42.6 Å². The number of hydrogen-bond donors (Lipinski definition) is 2. The normalized spacial score (nSPS) is 18.2. The summed E-state index contributed by atoms with van der Waals surface area (Å²) in [5.74, 6) is 1.45. The van der Waals surface area contributed by atoms with Crippen molar-refractivity contribution in [2.75, 3.05) is 23.4 Å². The molecule has 0 amide bonds. The summed E-state index contributed by atoms with van der Waals surface area (Å²) in [4.78, 5) is 10.9. The Balaban J connectivity index is 1.79. The highest BCUT2D eigenvalue weighted by Gasteiger charge is 2.25. The molecule has 5 nitrogen and oxygen atoms in total. The van der Waals surface area contributed by atoms with Crippen LogP contribution in [0.1, 0.15) is 12.8 Å². The van der Waals surface area contributed by atoms with Crippen LogP contribution in [0.2, 0.25) is 0 Å². The minimum absolute atomic E-state index is 0.141. The summed E-state index contributed by atoms with van der Waals surface area (Å²) >= 11 is 0. The van der Waals surface area contributed by atoms with E-state index in [4.69, 9.17) is 0 Å². The van der Waals surface area contributed by atoms with Crippen LogP contribution in [0.4, 0.5) is 17.5 Å². The van der Waals surface area contributed by atoms with Gasteiger partial charge in [0, 0.05) is 18.4 Å². The van der Waals surface area contributed by atoms with E-state index in [-0.39, 0.29) is 12.6 Å². The molecule has 1 aliphatic rings. The molecule has 1 aromatic carbocycles. The van der Waals surface area contributed by atoms with Gasteiger partial charge >= 0.3 is 0 Å². The first-order valence-electron chi connectivity index (χ1n) is 6.89. The monoisotopic (exact) mass is 270 g/mol. The summed E-state index contributed by atoms with van der Waals surface area (Å²) in [5, 5.41) is 12.6. The van der Waals surface area contributed by atoms with Gasteiger partial charge in [-0.1, -0.05) is 18.2 Å². The highest BCUT2D eigenvalue weighted by molar-refractivity contribution is 5.56. The quantitative estimate of drug-likeness (QED) is 0.891. The molecule has 2 N–H and O–H groups in total. The van der Waals surface area contributed by atoms with E-state index in [1.54, 1.807) is 6.20 Å². The Hall–Kier alpha value is -2.14. The maximum Gasteiger partial charge on any atom is 0.227 e. The molecule has 1 fully saturated rings. The van der Waals surface area contributed by atoms with Gasteiger partial charge in [0.15, 0.2) is 0 Å². The second-order valence-electron chi connectivity index (χ2n) is 4.90. The second-order valence-corrected chi connectivity index (χ2v) is 4.90. The highest BCUT2D eigenvalue weighted by atomic mass is 16.3. The summed E-state index contributed by atoms with van der Waals surface area (Å²) < 4.78 is 0. The van der Waals surface area contributed by atoms with Crippen LogP contribution in [-0.2, 0) is 0 Å². The van der Waals surface area contributed by atoms with Crippen LogP contribution in [0.15, 0.2) is 42.6 Å². The van der Waals surface area contributed by atoms with Crippen LogP contribution >= 0.6 is 0 Å². The molecule has 1 atom stereocenters. The second kappa shape index (κ2) is 5.88. The Morgan fingerprint density at radius 1 is 1.25 bits per heavy atom. The Bertz CT molecular complexity index is 561. The average Bonchev–Trinajstić information content (AvgIpc) is 2.97. The smallest absolute Gasteiger partial charge is 0.227 e. The molecule has 104 valence electrons. The van der Waals surface area contributed by atoms with Gasteiger partial charge in [-0.3, -0.25) is 0 Å². The molecule has 0 spiro atoms. The number of rotatable bonds is 4. The van der Waals surface area contributed by atoms with E-state index in [9.17, 15) is 5.11 Å². The maximum atomic E-state index is 9.39. The number of hydrogen-bond acceptors (Lipinski definition) is 5. The van der Waals surface area contributed by atoms with Crippen LogP contribution in [0, 0.1) is 0 Å². The van der Waals surface area contributed by atoms with Crippen molar-refractivity contribution in [2.24, 2.45) is 0 Å². The van der Waals surface area contributed by atoms with Crippen molar-refractivity contribution in [1.82, 2.24) is 9.97 Å². The number of aromatic nitrogens is 2. The highest BCUT2D eigenvalue weighted by Crippen LogP contribution is 2.23. The number of nitrogens with one attached hydrogen (secondary N) is 1. The molecule has 0 aliphatic carbocycles. The molecule has 20 heavy (non-hydrogen) atoms. The number of nitrogens with zero attached hydrogens (tertiary/aromatic N) is 3.